The van der Waals surface area contributed by atoms with Gasteiger partial charge in [0.05, 0.1) is 11.4 Å². The number of carbonyl (C=O) groups is 1. The Labute approximate surface area is 172 Å². The Balaban J connectivity index is 1.84. The lowest BCUT2D eigenvalue weighted by atomic mass is 10.0. The van der Waals surface area contributed by atoms with Gasteiger partial charge in [-0.3, -0.25) is 4.79 Å². The summed E-state index contributed by atoms with van der Waals surface area (Å²) < 4.78 is 33.8. The zero-order valence-electron chi connectivity index (χ0n) is 16.0. The summed E-state index contributed by atoms with van der Waals surface area (Å²) in [4.78, 5) is 15.5. The number of hydrogen-bond acceptors (Lipinski definition) is 4. The molecule has 0 spiro atoms. The van der Waals surface area contributed by atoms with Crippen LogP contribution in [0.2, 0.25) is 0 Å². The quantitative estimate of drug-likeness (QED) is 0.239. The first kappa shape index (κ1) is 20.9. The molecule has 0 amide bonds. The van der Waals surface area contributed by atoms with Gasteiger partial charge in [-0.25, -0.2) is 8.78 Å². The van der Waals surface area contributed by atoms with E-state index in [1.807, 2.05) is 30.3 Å². The van der Waals surface area contributed by atoms with Crippen LogP contribution in [0.3, 0.4) is 0 Å². The van der Waals surface area contributed by atoms with E-state index in [2.05, 4.69) is 16.3 Å². The lowest BCUT2D eigenvalue weighted by molar-refractivity contribution is 0.0823. The van der Waals surface area contributed by atoms with Gasteiger partial charge in [-0.1, -0.05) is 43.3 Å². The first-order valence-electron chi connectivity index (χ1n) is 9.14. The van der Waals surface area contributed by atoms with E-state index in [9.17, 15) is 13.6 Å². The number of benzene rings is 2. The molecule has 3 rings (SSSR count). The Morgan fingerprint density at radius 2 is 2.03 bits per heavy atom. The average molecular weight is 416 g/mol. The number of ether oxygens (including phenoxy) is 1. The van der Waals surface area contributed by atoms with Crippen LogP contribution in [0.25, 0.3) is 10.9 Å². The van der Waals surface area contributed by atoms with Gasteiger partial charge in [-0.15, -0.1) is 6.58 Å². The second-order valence-corrected chi connectivity index (χ2v) is 7.37. The van der Waals surface area contributed by atoms with Crippen molar-refractivity contribution < 1.29 is 18.3 Å². The smallest absolute Gasteiger partial charge is 0.272 e. The molecule has 29 heavy (non-hydrogen) atoms. The van der Waals surface area contributed by atoms with Crippen molar-refractivity contribution in [3.8, 4) is 5.75 Å². The number of aromatic amines is 1. The van der Waals surface area contributed by atoms with Gasteiger partial charge < -0.3 is 14.4 Å². The molecule has 2 aromatic carbocycles. The molecule has 0 radical (unpaired) electrons. The van der Waals surface area contributed by atoms with Gasteiger partial charge in [-0.05, 0) is 35.7 Å². The van der Waals surface area contributed by atoms with E-state index in [1.165, 1.54) is 11.9 Å². The number of rotatable bonds is 10. The molecule has 7 heteroatoms. The van der Waals surface area contributed by atoms with Crippen molar-refractivity contribution >= 4 is 34.3 Å². The summed E-state index contributed by atoms with van der Waals surface area (Å²) in [6.07, 6.45) is -0.995. The van der Waals surface area contributed by atoms with E-state index in [1.54, 1.807) is 31.2 Å². The van der Waals surface area contributed by atoms with Crippen LogP contribution in [-0.4, -0.2) is 23.8 Å². The lowest BCUT2D eigenvalue weighted by Gasteiger charge is -2.13. The molecule has 4 nitrogen and oxygen atoms in total. The largest absolute Gasteiger partial charge is 0.485 e. The fraction of sp³-hybridized carbons (Fsp3) is 0.227. The van der Waals surface area contributed by atoms with Crippen LogP contribution >= 0.6 is 11.9 Å². The van der Waals surface area contributed by atoms with Crippen molar-refractivity contribution in [2.75, 3.05) is 11.3 Å². The third kappa shape index (κ3) is 5.38. The van der Waals surface area contributed by atoms with E-state index in [-0.39, 0.29) is 11.7 Å². The van der Waals surface area contributed by atoms with Crippen molar-refractivity contribution in [1.82, 2.24) is 4.98 Å². The van der Waals surface area contributed by atoms with E-state index >= 15 is 0 Å². The molecular formula is C22H22F2N2O2S. The van der Waals surface area contributed by atoms with Gasteiger partial charge in [0, 0.05) is 22.6 Å². The van der Waals surface area contributed by atoms with Gasteiger partial charge in [0.25, 0.3) is 6.43 Å². The highest BCUT2D eigenvalue weighted by molar-refractivity contribution is 7.99. The normalized spacial score (nSPS) is 12.1. The molecule has 152 valence electrons. The summed E-state index contributed by atoms with van der Waals surface area (Å²) in [5.74, 6) is 0.599. The minimum atomic E-state index is -2.58. The van der Waals surface area contributed by atoms with Crippen LogP contribution in [0.15, 0.2) is 61.2 Å². The molecule has 1 aromatic heterocycles. The second-order valence-electron chi connectivity index (χ2n) is 6.59. The summed E-state index contributed by atoms with van der Waals surface area (Å²) >= 11 is 1.43. The molecular weight excluding hydrogens is 394 g/mol. The predicted molar refractivity (Wildman–Crippen MR) is 115 cm³/mol. The SMILES string of the molecule is C=CC(C)C(=O)c1cc2cc(OCC(F)F)c(NSCc3ccccc3)cc2[nH]1. The van der Waals surface area contributed by atoms with Crippen LogP contribution in [-0.2, 0) is 5.75 Å². The molecule has 1 atom stereocenters. The van der Waals surface area contributed by atoms with E-state index in [4.69, 9.17) is 4.74 Å². The Kier molecular flexibility index (Phi) is 6.93. The minimum absolute atomic E-state index is 0.0841. The number of alkyl halides is 2. The molecule has 0 fully saturated rings. The van der Waals surface area contributed by atoms with Crippen molar-refractivity contribution in [2.24, 2.45) is 5.92 Å². The van der Waals surface area contributed by atoms with Gasteiger partial charge in [0.1, 0.15) is 12.4 Å². The molecule has 0 aliphatic heterocycles. The van der Waals surface area contributed by atoms with Gasteiger partial charge in [0.2, 0.25) is 0 Å². The summed E-state index contributed by atoms with van der Waals surface area (Å²) in [6, 6.07) is 15.0. The number of nitrogens with one attached hydrogen (secondary N) is 2. The van der Waals surface area contributed by atoms with Crippen LogP contribution in [0.5, 0.6) is 5.75 Å². The third-order valence-electron chi connectivity index (χ3n) is 4.38. The number of ketones is 1. The maximum atomic E-state index is 12.7. The first-order valence-corrected chi connectivity index (χ1v) is 10.1. The molecule has 0 saturated carbocycles. The number of carbonyl (C=O) groups excluding carboxylic acids is 1. The lowest BCUT2D eigenvalue weighted by Crippen LogP contribution is -2.08. The van der Waals surface area contributed by atoms with Crippen LogP contribution in [0.4, 0.5) is 14.5 Å². The average Bonchev–Trinajstić information content (AvgIpc) is 3.14. The van der Waals surface area contributed by atoms with Gasteiger partial charge >= 0.3 is 0 Å². The van der Waals surface area contributed by atoms with E-state index < -0.39 is 13.0 Å². The number of fused-ring (bicyclic) bond motifs is 1. The number of allylic oxidation sites excluding steroid dienone is 1. The molecule has 0 bridgehead atoms. The Morgan fingerprint density at radius 3 is 2.72 bits per heavy atom. The molecule has 3 aromatic rings. The number of anilines is 1. The summed E-state index contributed by atoms with van der Waals surface area (Å²) in [6.45, 7) is 4.72. The first-order chi connectivity index (χ1) is 14.0. The standard InChI is InChI=1S/C22H22F2N2O2S/c1-3-14(2)22(27)19-9-16-10-20(28-12-21(23)24)18(11-17(16)25-19)26-29-13-15-7-5-4-6-8-15/h3-11,14,21,25-26H,1,12-13H2,2H3. The molecule has 0 aliphatic rings. The fourth-order valence-electron chi connectivity index (χ4n) is 2.77. The predicted octanol–water partition coefficient (Wildman–Crippen LogP) is 6.08. The van der Waals surface area contributed by atoms with E-state index in [0.717, 1.165) is 11.1 Å². The topological polar surface area (TPSA) is 54.1 Å². The monoisotopic (exact) mass is 416 g/mol. The third-order valence-corrected chi connectivity index (χ3v) is 5.22. The Bertz CT molecular complexity index is 989. The number of aromatic nitrogens is 1. The Hall–Kier alpha value is -2.80. The number of halogens is 2. The zero-order chi connectivity index (χ0) is 20.8. The Morgan fingerprint density at radius 1 is 1.28 bits per heavy atom. The highest BCUT2D eigenvalue weighted by Crippen LogP contribution is 2.33. The van der Waals surface area contributed by atoms with Crippen molar-refractivity contribution in [3.05, 3.63) is 72.4 Å². The van der Waals surface area contributed by atoms with E-state index in [0.29, 0.717) is 28.3 Å². The van der Waals surface area contributed by atoms with Crippen LogP contribution in [0.1, 0.15) is 23.0 Å². The summed E-state index contributed by atoms with van der Waals surface area (Å²) in [5, 5.41) is 0.715. The molecule has 0 saturated heterocycles. The van der Waals surface area contributed by atoms with Gasteiger partial charge in [0.15, 0.2) is 5.78 Å². The van der Waals surface area contributed by atoms with Gasteiger partial charge in [-0.2, -0.15) is 0 Å². The second kappa shape index (κ2) is 9.60. The van der Waals surface area contributed by atoms with Crippen molar-refractivity contribution in [3.63, 3.8) is 0 Å². The molecule has 0 aliphatic carbocycles. The number of H-pyrrole nitrogens is 1. The number of hydrogen-bond donors (Lipinski definition) is 2. The minimum Gasteiger partial charge on any atom is -0.485 e. The number of Topliss-reactive ketones (excluding diaryl/α,β-unsaturated/α-hetero) is 1. The highest BCUT2D eigenvalue weighted by atomic mass is 32.2. The van der Waals surface area contributed by atoms with Crippen LogP contribution < -0.4 is 9.46 Å². The molecule has 1 heterocycles. The maximum Gasteiger partial charge on any atom is 0.272 e. The fourth-order valence-corrected chi connectivity index (χ4v) is 3.51. The maximum absolute atomic E-state index is 12.7. The highest BCUT2D eigenvalue weighted by Gasteiger charge is 2.17. The van der Waals surface area contributed by atoms with Crippen molar-refractivity contribution in [2.45, 2.75) is 19.1 Å². The zero-order valence-corrected chi connectivity index (χ0v) is 16.8. The van der Waals surface area contributed by atoms with Crippen LogP contribution in [0, 0.1) is 5.92 Å². The molecule has 2 N–H and O–H groups in total. The van der Waals surface area contributed by atoms with Crippen molar-refractivity contribution in [1.29, 1.82) is 0 Å². The summed E-state index contributed by atoms with van der Waals surface area (Å²) in [5.41, 5.74) is 2.86. The summed E-state index contributed by atoms with van der Waals surface area (Å²) in [7, 11) is 0. The molecule has 1 unspecified atom stereocenters.